The van der Waals surface area contributed by atoms with Crippen LogP contribution in [0.2, 0.25) is 0 Å². The maximum absolute atomic E-state index is 3.72. The molecule has 1 aromatic heterocycles. The molecule has 0 aliphatic carbocycles. The molecule has 2 heterocycles. The van der Waals surface area contributed by atoms with E-state index in [1.165, 1.54) is 11.3 Å². The van der Waals surface area contributed by atoms with Gasteiger partial charge >= 0.3 is 0 Å². The average molecular weight is 266 g/mol. The van der Waals surface area contributed by atoms with Gasteiger partial charge in [0.05, 0.1) is 0 Å². The molecule has 1 aromatic rings. The van der Waals surface area contributed by atoms with Gasteiger partial charge in [-0.25, -0.2) is 0 Å². The third kappa shape index (κ3) is 3.56. The molecule has 0 aromatic carbocycles. The first kappa shape index (κ1) is 14.0. The zero-order valence-corrected chi connectivity index (χ0v) is 12.9. The van der Waals surface area contributed by atoms with Crippen molar-refractivity contribution in [1.82, 2.24) is 10.2 Å². The summed E-state index contributed by atoms with van der Waals surface area (Å²) in [5, 5.41) is 5.90. The molecular weight excluding hydrogens is 240 g/mol. The van der Waals surface area contributed by atoms with E-state index in [9.17, 15) is 0 Å². The first-order chi connectivity index (χ1) is 8.47. The first-order valence-corrected chi connectivity index (χ1v) is 7.84. The maximum atomic E-state index is 3.72. The van der Waals surface area contributed by atoms with E-state index in [0.29, 0.717) is 17.5 Å². The monoisotopic (exact) mass is 266 g/mol. The van der Waals surface area contributed by atoms with E-state index < -0.39 is 0 Å². The van der Waals surface area contributed by atoms with Crippen molar-refractivity contribution in [3.8, 4) is 0 Å². The van der Waals surface area contributed by atoms with Gasteiger partial charge in [0.25, 0.3) is 0 Å². The minimum Gasteiger partial charge on any atom is -0.312 e. The molecule has 1 aliphatic rings. The largest absolute Gasteiger partial charge is 0.312 e. The fourth-order valence-electron chi connectivity index (χ4n) is 2.53. The Balaban J connectivity index is 2.06. The van der Waals surface area contributed by atoms with Gasteiger partial charge < -0.3 is 5.32 Å². The van der Waals surface area contributed by atoms with Crippen LogP contribution in [0.15, 0.2) is 17.5 Å². The Morgan fingerprint density at radius 3 is 2.83 bits per heavy atom. The Morgan fingerprint density at radius 1 is 1.44 bits per heavy atom. The topological polar surface area (TPSA) is 15.3 Å². The average Bonchev–Trinajstić information content (AvgIpc) is 2.70. The standard InChI is InChI=1S/C15H26N2S/c1-12-7-8-16-14(15(2,3)4)11-17(12)10-13-6-5-9-18-13/h5-6,9,12,14,16H,7-8,10-11H2,1-4H3. The quantitative estimate of drug-likeness (QED) is 0.883. The van der Waals surface area contributed by atoms with Crippen LogP contribution in [0.1, 0.15) is 39.0 Å². The van der Waals surface area contributed by atoms with Gasteiger partial charge in [-0.05, 0) is 36.8 Å². The van der Waals surface area contributed by atoms with Crippen LogP contribution >= 0.6 is 11.3 Å². The number of rotatable bonds is 2. The Bertz CT molecular complexity index is 353. The molecule has 0 saturated carbocycles. The molecule has 2 unspecified atom stereocenters. The molecule has 0 spiro atoms. The lowest BCUT2D eigenvalue weighted by Gasteiger charge is -2.35. The van der Waals surface area contributed by atoms with E-state index in [-0.39, 0.29) is 0 Å². The summed E-state index contributed by atoms with van der Waals surface area (Å²) >= 11 is 1.87. The van der Waals surface area contributed by atoms with Crippen molar-refractivity contribution in [2.45, 2.75) is 52.7 Å². The van der Waals surface area contributed by atoms with E-state index in [1.807, 2.05) is 11.3 Å². The number of hydrogen-bond acceptors (Lipinski definition) is 3. The number of thiophene rings is 1. The molecule has 0 amide bonds. The molecule has 2 rings (SSSR count). The van der Waals surface area contributed by atoms with Crippen LogP contribution in [0.5, 0.6) is 0 Å². The van der Waals surface area contributed by atoms with Crippen LogP contribution in [0.4, 0.5) is 0 Å². The Labute approximate surface area is 115 Å². The second kappa shape index (κ2) is 5.72. The molecule has 1 fully saturated rings. The van der Waals surface area contributed by atoms with Gasteiger partial charge in [0, 0.05) is 30.1 Å². The molecule has 0 radical (unpaired) electrons. The molecule has 2 atom stereocenters. The number of hydrogen-bond donors (Lipinski definition) is 1. The zero-order chi connectivity index (χ0) is 13.2. The summed E-state index contributed by atoms with van der Waals surface area (Å²) in [6.07, 6.45) is 1.25. The normalized spacial score (nSPS) is 27.1. The molecule has 1 aliphatic heterocycles. The van der Waals surface area contributed by atoms with Gasteiger partial charge in [0.15, 0.2) is 0 Å². The fraction of sp³-hybridized carbons (Fsp3) is 0.733. The predicted molar refractivity (Wildman–Crippen MR) is 80.1 cm³/mol. The summed E-state index contributed by atoms with van der Waals surface area (Å²) in [6.45, 7) is 12.8. The van der Waals surface area contributed by atoms with Gasteiger partial charge in [-0.15, -0.1) is 11.3 Å². The lowest BCUT2D eigenvalue weighted by Crippen LogP contribution is -2.46. The van der Waals surface area contributed by atoms with E-state index in [0.717, 1.165) is 19.6 Å². The van der Waals surface area contributed by atoms with E-state index >= 15 is 0 Å². The summed E-state index contributed by atoms with van der Waals surface area (Å²) in [5.41, 5.74) is 0.331. The van der Waals surface area contributed by atoms with Gasteiger partial charge in [-0.1, -0.05) is 26.8 Å². The maximum Gasteiger partial charge on any atom is 0.0331 e. The van der Waals surface area contributed by atoms with Crippen LogP contribution in [-0.2, 0) is 6.54 Å². The van der Waals surface area contributed by atoms with Crippen molar-refractivity contribution < 1.29 is 0 Å². The predicted octanol–water partition coefficient (Wildman–Crippen LogP) is 3.35. The molecule has 3 heteroatoms. The lowest BCUT2D eigenvalue weighted by atomic mass is 9.86. The van der Waals surface area contributed by atoms with Crippen molar-refractivity contribution in [3.63, 3.8) is 0 Å². The minimum atomic E-state index is 0.331. The lowest BCUT2D eigenvalue weighted by molar-refractivity contribution is 0.158. The fourth-order valence-corrected chi connectivity index (χ4v) is 3.26. The smallest absolute Gasteiger partial charge is 0.0331 e. The highest BCUT2D eigenvalue weighted by molar-refractivity contribution is 7.09. The summed E-state index contributed by atoms with van der Waals surface area (Å²) < 4.78 is 0. The van der Waals surface area contributed by atoms with E-state index in [4.69, 9.17) is 0 Å². The Morgan fingerprint density at radius 2 is 2.22 bits per heavy atom. The molecular formula is C15H26N2S. The number of nitrogens with one attached hydrogen (secondary N) is 1. The van der Waals surface area contributed by atoms with Crippen molar-refractivity contribution in [2.24, 2.45) is 5.41 Å². The molecule has 18 heavy (non-hydrogen) atoms. The molecule has 2 nitrogen and oxygen atoms in total. The highest BCUT2D eigenvalue weighted by Gasteiger charge is 2.30. The van der Waals surface area contributed by atoms with Gasteiger partial charge in [-0.2, -0.15) is 0 Å². The van der Waals surface area contributed by atoms with E-state index in [1.54, 1.807) is 0 Å². The highest BCUT2D eigenvalue weighted by Crippen LogP contribution is 2.25. The highest BCUT2D eigenvalue weighted by atomic mass is 32.1. The molecule has 102 valence electrons. The Hall–Kier alpha value is -0.380. The summed E-state index contributed by atoms with van der Waals surface area (Å²) in [5.74, 6) is 0. The molecule has 1 saturated heterocycles. The van der Waals surface area contributed by atoms with Crippen LogP contribution in [0, 0.1) is 5.41 Å². The van der Waals surface area contributed by atoms with Crippen LogP contribution in [-0.4, -0.2) is 30.1 Å². The second-order valence-electron chi connectivity index (χ2n) is 6.52. The molecule has 1 N–H and O–H groups in total. The van der Waals surface area contributed by atoms with E-state index in [2.05, 4.69) is 55.4 Å². The summed E-state index contributed by atoms with van der Waals surface area (Å²) in [7, 11) is 0. The minimum absolute atomic E-state index is 0.331. The SMILES string of the molecule is CC1CCNC(C(C)(C)C)CN1Cc1cccs1. The number of nitrogens with zero attached hydrogens (tertiary/aromatic N) is 1. The third-order valence-electron chi connectivity index (χ3n) is 3.98. The van der Waals surface area contributed by atoms with Crippen LogP contribution in [0.25, 0.3) is 0 Å². The first-order valence-electron chi connectivity index (χ1n) is 6.96. The second-order valence-corrected chi connectivity index (χ2v) is 7.55. The van der Waals surface area contributed by atoms with Crippen LogP contribution in [0.3, 0.4) is 0 Å². The van der Waals surface area contributed by atoms with Crippen LogP contribution < -0.4 is 5.32 Å². The van der Waals surface area contributed by atoms with Gasteiger partial charge in [0.1, 0.15) is 0 Å². The zero-order valence-electron chi connectivity index (χ0n) is 12.1. The Kier molecular flexibility index (Phi) is 4.46. The molecule has 0 bridgehead atoms. The van der Waals surface area contributed by atoms with Gasteiger partial charge in [0.2, 0.25) is 0 Å². The van der Waals surface area contributed by atoms with Gasteiger partial charge in [-0.3, -0.25) is 4.90 Å². The van der Waals surface area contributed by atoms with Crippen molar-refractivity contribution >= 4 is 11.3 Å². The summed E-state index contributed by atoms with van der Waals surface area (Å²) in [6, 6.07) is 5.67. The van der Waals surface area contributed by atoms with Crippen molar-refractivity contribution in [1.29, 1.82) is 0 Å². The summed E-state index contributed by atoms with van der Waals surface area (Å²) in [4.78, 5) is 4.12. The van der Waals surface area contributed by atoms with Crippen molar-refractivity contribution in [3.05, 3.63) is 22.4 Å². The third-order valence-corrected chi connectivity index (χ3v) is 4.84. The van der Waals surface area contributed by atoms with Crippen molar-refractivity contribution in [2.75, 3.05) is 13.1 Å².